The molecule has 0 unspecified atom stereocenters. The van der Waals surface area contributed by atoms with E-state index in [2.05, 4.69) is 5.32 Å². The number of thioether (sulfide) groups is 1. The Morgan fingerprint density at radius 2 is 1.95 bits per heavy atom. The summed E-state index contributed by atoms with van der Waals surface area (Å²) in [5.74, 6) is -3.28. The fraction of sp³-hybridized carbons (Fsp3) is 0.333. The van der Waals surface area contributed by atoms with Gasteiger partial charge in [0, 0.05) is 5.69 Å². The first-order valence-corrected chi connectivity index (χ1v) is 8.78. The van der Waals surface area contributed by atoms with E-state index in [-0.39, 0.29) is 18.1 Å². The number of anilines is 1. The molecule has 10 heteroatoms. The van der Waals surface area contributed by atoms with Crippen LogP contribution in [0.25, 0.3) is 0 Å². The summed E-state index contributed by atoms with van der Waals surface area (Å²) >= 11 is 1.40. The highest BCUT2D eigenvalue weighted by Crippen LogP contribution is 2.20. The lowest BCUT2D eigenvalue weighted by molar-refractivity contribution is -0.130. The number of halogens is 2. The van der Waals surface area contributed by atoms with E-state index in [9.17, 15) is 26.8 Å². The largest absolute Gasteiger partial charge is 0.341 e. The second-order valence-electron chi connectivity index (χ2n) is 4.45. The number of carbonyl (C=O) groups excluding carboxylic acids is 2. The Labute approximate surface area is 129 Å². The summed E-state index contributed by atoms with van der Waals surface area (Å²) in [6, 6.07) is 4.42. The minimum absolute atomic E-state index is 0.108. The van der Waals surface area contributed by atoms with Crippen LogP contribution in [0.1, 0.15) is 0 Å². The number of hydrogen-bond acceptors (Lipinski definition) is 5. The number of amides is 2. The lowest BCUT2D eigenvalue weighted by Crippen LogP contribution is -2.34. The molecule has 120 valence electrons. The van der Waals surface area contributed by atoms with Gasteiger partial charge >= 0.3 is 5.76 Å². The van der Waals surface area contributed by atoms with Gasteiger partial charge in [0.2, 0.25) is 21.7 Å². The first kappa shape index (κ1) is 16.7. The minimum atomic E-state index is -4.65. The fourth-order valence-corrected chi connectivity index (χ4v) is 3.37. The van der Waals surface area contributed by atoms with Gasteiger partial charge in [0.25, 0.3) is 0 Å². The van der Waals surface area contributed by atoms with E-state index in [0.717, 1.165) is 12.1 Å². The molecule has 0 atom stereocenters. The number of alkyl halides is 2. The predicted octanol–water partition coefficient (Wildman–Crippen LogP) is 1.15. The van der Waals surface area contributed by atoms with E-state index in [1.54, 1.807) is 0 Å². The fourth-order valence-electron chi connectivity index (χ4n) is 1.74. The van der Waals surface area contributed by atoms with Crippen molar-refractivity contribution in [1.82, 2.24) is 4.90 Å². The van der Waals surface area contributed by atoms with Gasteiger partial charge < -0.3 is 10.2 Å². The molecular weight excluding hydrogens is 338 g/mol. The Hall–Kier alpha value is -1.68. The zero-order valence-electron chi connectivity index (χ0n) is 11.2. The van der Waals surface area contributed by atoms with Crippen LogP contribution in [0, 0.1) is 0 Å². The van der Waals surface area contributed by atoms with E-state index in [1.807, 2.05) is 0 Å². The second kappa shape index (κ2) is 6.61. The Morgan fingerprint density at radius 1 is 1.32 bits per heavy atom. The van der Waals surface area contributed by atoms with Crippen molar-refractivity contribution in [2.75, 3.05) is 23.5 Å². The molecule has 0 spiro atoms. The molecule has 1 aromatic carbocycles. The van der Waals surface area contributed by atoms with Crippen LogP contribution < -0.4 is 5.32 Å². The number of benzene rings is 1. The van der Waals surface area contributed by atoms with Crippen molar-refractivity contribution in [2.24, 2.45) is 0 Å². The van der Waals surface area contributed by atoms with Crippen molar-refractivity contribution < 1.29 is 26.8 Å². The van der Waals surface area contributed by atoms with Gasteiger partial charge in [0.1, 0.15) is 6.54 Å². The Bertz CT molecular complexity index is 677. The zero-order chi connectivity index (χ0) is 16.3. The molecule has 22 heavy (non-hydrogen) atoms. The third-order valence-corrected chi connectivity index (χ3v) is 5.20. The predicted molar refractivity (Wildman–Crippen MR) is 77.3 cm³/mol. The lowest BCUT2D eigenvalue weighted by atomic mass is 10.3. The third kappa shape index (κ3) is 3.74. The summed E-state index contributed by atoms with van der Waals surface area (Å²) in [6.45, 7) is -0.108. The Morgan fingerprint density at radius 3 is 2.45 bits per heavy atom. The standard InChI is InChI=1S/C12H12F2N2O4S2/c13-12(14)22(19,20)9-3-1-8(2-4-9)15-10(17)5-16-7-21-6-11(16)18/h1-4,12H,5-7H2,(H,15,17). The molecule has 1 N–H and O–H groups in total. The van der Waals surface area contributed by atoms with E-state index in [1.165, 1.54) is 28.8 Å². The maximum atomic E-state index is 12.4. The van der Waals surface area contributed by atoms with E-state index in [4.69, 9.17) is 0 Å². The normalized spacial score (nSPS) is 15.4. The number of nitrogens with zero attached hydrogens (tertiary/aromatic N) is 1. The maximum absolute atomic E-state index is 12.4. The molecule has 1 saturated heterocycles. The Kier molecular flexibility index (Phi) is 5.01. The molecule has 6 nitrogen and oxygen atoms in total. The average molecular weight is 350 g/mol. The van der Waals surface area contributed by atoms with Crippen molar-refractivity contribution in [3.05, 3.63) is 24.3 Å². The summed E-state index contributed by atoms with van der Waals surface area (Å²) in [4.78, 5) is 24.0. The van der Waals surface area contributed by atoms with E-state index >= 15 is 0 Å². The Balaban J connectivity index is 1.99. The van der Waals surface area contributed by atoms with Gasteiger partial charge in [0.05, 0.1) is 16.5 Å². The molecule has 1 aliphatic rings. The SMILES string of the molecule is O=C(CN1CSCC1=O)Nc1ccc(S(=O)(=O)C(F)F)cc1. The van der Waals surface area contributed by atoms with Gasteiger partial charge in [-0.05, 0) is 24.3 Å². The molecule has 1 fully saturated rings. The van der Waals surface area contributed by atoms with E-state index in [0.29, 0.717) is 11.6 Å². The van der Waals surface area contributed by atoms with Crippen LogP contribution in [0.3, 0.4) is 0 Å². The van der Waals surface area contributed by atoms with Gasteiger partial charge in [-0.1, -0.05) is 0 Å². The first-order valence-electron chi connectivity index (χ1n) is 6.08. The van der Waals surface area contributed by atoms with Crippen molar-refractivity contribution in [3.8, 4) is 0 Å². The smallest absolute Gasteiger partial charge is 0.325 e. The molecule has 0 bridgehead atoms. The number of rotatable bonds is 5. The van der Waals surface area contributed by atoms with Gasteiger partial charge in [-0.25, -0.2) is 8.42 Å². The highest BCUT2D eigenvalue weighted by Gasteiger charge is 2.26. The third-order valence-electron chi connectivity index (χ3n) is 2.86. The summed E-state index contributed by atoms with van der Waals surface area (Å²) in [6.07, 6.45) is 0. The van der Waals surface area contributed by atoms with Crippen LogP contribution in [0.2, 0.25) is 0 Å². The maximum Gasteiger partial charge on any atom is 0.341 e. The number of sulfone groups is 1. The number of carbonyl (C=O) groups is 2. The van der Waals surface area contributed by atoms with E-state index < -0.39 is 26.4 Å². The first-order chi connectivity index (χ1) is 10.3. The molecule has 0 saturated carbocycles. The molecule has 1 aliphatic heterocycles. The highest BCUT2D eigenvalue weighted by molar-refractivity contribution is 8.00. The van der Waals surface area contributed by atoms with Crippen LogP contribution in [-0.2, 0) is 19.4 Å². The summed E-state index contributed by atoms with van der Waals surface area (Å²) < 4.78 is 47.2. The molecule has 2 rings (SSSR count). The quantitative estimate of drug-likeness (QED) is 0.861. The number of nitrogens with one attached hydrogen (secondary N) is 1. The second-order valence-corrected chi connectivity index (χ2v) is 7.32. The van der Waals surface area contributed by atoms with Crippen LogP contribution in [0.15, 0.2) is 29.2 Å². The van der Waals surface area contributed by atoms with Gasteiger partial charge in [0.15, 0.2) is 0 Å². The van der Waals surface area contributed by atoms with Crippen LogP contribution >= 0.6 is 11.8 Å². The molecule has 0 aliphatic carbocycles. The monoisotopic (exact) mass is 350 g/mol. The van der Waals surface area contributed by atoms with Crippen LogP contribution in [-0.4, -0.2) is 49.1 Å². The van der Waals surface area contributed by atoms with Crippen molar-refractivity contribution in [2.45, 2.75) is 10.7 Å². The average Bonchev–Trinajstić information content (AvgIpc) is 2.84. The zero-order valence-corrected chi connectivity index (χ0v) is 12.8. The molecule has 1 aromatic rings. The molecular formula is C12H12F2N2O4S2. The minimum Gasteiger partial charge on any atom is -0.325 e. The van der Waals surface area contributed by atoms with Crippen LogP contribution in [0.5, 0.6) is 0 Å². The van der Waals surface area contributed by atoms with Crippen LogP contribution in [0.4, 0.5) is 14.5 Å². The summed E-state index contributed by atoms with van der Waals surface area (Å²) in [5, 5.41) is 2.47. The van der Waals surface area contributed by atoms with Gasteiger partial charge in [-0.15, -0.1) is 11.8 Å². The molecule has 0 radical (unpaired) electrons. The van der Waals surface area contributed by atoms with Crippen molar-refractivity contribution >= 4 is 39.1 Å². The molecule has 2 amide bonds. The van der Waals surface area contributed by atoms with Gasteiger partial charge in [-0.2, -0.15) is 8.78 Å². The molecule has 0 aromatic heterocycles. The highest BCUT2D eigenvalue weighted by atomic mass is 32.2. The summed E-state index contributed by atoms with van der Waals surface area (Å²) in [7, 11) is -4.65. The topological polar surface area (TPSA) is 83.6 Å². The lowest BCUT2D eigenvalue weighted by Gasteiger charge is -2.14. The van der Waals surface area contributed by atoms with Crippen molar-refractivity contribution in [3.63, 3.8) is 0 Å². The number of hydrogen-bond donors (Lipinski definition) is 1. The van der Waals surface area contributed by atoms with Gasteiger partial charge in [-0.3, -0.25) is 9.59 Å². The molecule has 1 heterocycles. The van der Waals surface area contributed by atoms with Crippen molar-refractivity contribution in [1.29, 1.82) is 0 Å². The summed E-state index contributed by atoms with van der Waals surface area (Å²) in [5.41, 5.74) is 0.262.